The molecule has 0 unspecified atom stereocenters. The number of nitrogens with zero attached hydrogens (tertiary/aromatic N) is 2. The van der Waals surface area contributed by atoms with Gasteiger partial charge in [0.25, 0.3) is 0 Å². The number of hydrogen-bond donors (Lipinski definition) is 1. The summed E-state index contributed by atoms with van der Waals surface area (Å²) in [6.45, 7) is 0. The highest BCUT2D eigenvalue weighted by atomic mass is 15.0. The fourth-order valence-electron chi connectivity index (χ4n) is 2.51. The highest BCUT2D eigenvalue weighted by Gasteiger charge is 2.17. The van der Waals surface area contributed by atoms with Gasteiger partial charge in [-0.3, -0.25) is 4.98 Å². The molecule has 3 nitrogen and oxygen atoms in total. The predicted octanol–water partition coefficient (Wildman–Crippen LogP) is 4.31. The van der Waals surface area contributed by atoms with Gasteiger partial charge in [-0.05, 0) is 18.2 Å². The largest absolute Gasteiger partial charge is 0.353 e. The number of pyridine rings is 1. The van der Waals surface area contributed by atoms with E-state index in [1.165, 1.54) is 0 Å². The molecule has 1 N–H and O–H groups in total. The fourth-order valence-corrected chi connectivity index (χ4v) is 2.51. The average Bonchev–Trinajstić information content (AvgIpc) is 2.72. The summed E-state index contributed by atoms with van der Waals surface area (Å²) in [7, 11) is 0. The lowest BCUT2D eigenvalue weighted by atomic mass is 10.0. The van der Waals surface area contributed by atoms with Gasteiger partial charge in [-0.25, -0.2) is 4.99 Å². The van der Waals surface area contributed by atoms with Gasteiger partial charge in [0.15, 0.2) is 0 Å². The molecular formula is C18H13N3. The van der Waals surface area contributed by atoms with Crippen molar-refractivity contribution in [2.24, 2.45) is 4.99 Å². The summed E-state index contributed by atoms with van der Waals surface area (Å²) < 4.78 is 0. The SMILES string of the molecule is c1ccc(C2=Nc3ccccc3Nc3ccncc32)cc1. The number of para-hydroxylation sites is 2. The molecule has 0 bridgehead atoms. The minimum Gasteiger partial charge on any atom is -0.353 e. The molecule has 3 aromatic rings. The maximum absolute atomic E-state index is 4.86. The molecule has 0 amide bonds. The van der Waals surface area contributed by atoms with Crippen molar-refractivity contribution in [2.75, 3.05) is 5.32 Å². The first-order chi connectivity index (χ1) is 10.4. The van der Waals surface area contributed by atoms with Crippen LogP contribution >= 0.6 is 0 Å². The van der Waals surface area contributed by atoms with E-state index in [9.17, 15) is 0 Å². The highest BCUT2D eigenvalue weighted by molar-refractivity contribution is 6.18. The van der Waals surface area contributed by atoms with E-state index >= 15 is 0 Å². The molecular weight excluding hydrogens is 258 g/mol. The Hall–Kier alpha value is -2.94. The lowest BCUT2D eigenvalue weighted by Crippen LogP contribution is -2.05. The van der Waals surface area contributed by atoms with Gasteiger partial charge < -0.3 is 5.32 Å². The Morgan fingerprint density at radius 1 is 0.762 bits per heavy atom. The van der Waals surface area contributed by atoms with Crippen molar-refractivity contribution in [2.45, 2.75) is 0 Å². The van der Waals surface area contributed by atoms with E-state index in [1.807, 2.05) is 54.7 Å². The smallest absolute Gasteiger partial charge is 0.0872 e. The van der Waals surface area contributed by atoms with Gasteiger partial charge in [-0.1, -0.05) is 42.5 Å². The third-order valence-corrected chi connectivity index (χ3v) is 3.53. The third kappa shape index (κ3) is 2.09. The summed E-state index contributed by atoms with van der Waals surface area (Å²) in [5.74, 6) is 0. The van der Waals surface area contributed by atoms with Crippen molar-refractivity contribution in [1.29, 1.82) is 0 Å². The summed E-state index contributed by atoms with van der Waals surface area (Å²) >= 11 is 0. The Labute approximate surface area is 123 Å². The normalized spacial score (nSPS) is 12.5. The number of nitrogens with one attached hydrogen (secondary N) is 1. The van der Waals surface area contributed by atoms with Crippen LogP contribution < -0.4 is 5.32 Å². The second-order valence-electron chi connectivity index (χ2n) is 4.89. The topological polar surface area (TPSA) is 37.3 Å². The number of aliphatic imine (C=N–C) groups is 1. The van der Waals surface area contributed by atoms with Crippen LogP contribution in [0.4, 0.5) is 17.1 Å². The van der Waals surface area contributed by atoms with Crippen LogP contribution in [0.2, 0.25) is 0 Å². The number of benzene rings is 2. The molecule has 0 fully saturated rings. The molecule has 3 heteroatoms. The Morgan fingerprint density at radius 3 is 2.48 bits per heavy atom. The van der Waals surface area contributed by atoms with Crippen molar-refractivity contribution >= 4 is 22.8 Å². The van der Waals surface area contributed by atoms with Crippen LogP contribution in [0, 0.1) is 0 Å². The van der Waals surface area contributed by atoms with Gasteiger partial charge in [0.2, 0.25) is 0 Å². The molecule has 0 aliphatic carbocycles. The van der Waals surface area contributed by atoms with Gasteiger partial charge in [0.1, 0.15) is 0 Å². The molecule has 1 aliphatic heterocycles. The predicted molar refractivity (Wildman–Crippen MR) is 85.7 cm³/mol. The minimum atomic E-state index is 0.938. The van der Waals surface area contributed by atoms with Crippen molar-refractivity contribution in [3.8, 4) is 0 Å². The Bertz CT molecular complexity index is 823. The van der Waals surface area contributed by atoms with E-state index in [0.717, 1.165) is 33.9 Å². The van der Waals surface area contributed by atoms with Crippen LogP contribution in [-0.2, 0) is 0 Å². The van der Waals surface area contributed by atoms with Crippen LogP contribution in [0.3, 0.4) is 0 Å². The maximum Gasteiger partial charge on any atom is 0.0872 e. The van der Waals surface area contributed by atoms with Gasteiger partial charge in [0.05, 0.1) is 22.8 Å². The second kappa shape index (κ2) is 4.87. The molecule has 2 aromatic carbocycles. The Balaban J connectivity index is 2.00. The number of hydrogen-bond acceptors (Lipinski definition) is 3. The first-order valence-electron chi connectivity index (χ1n) is 6.86. The van der Waals surface area contributed by atoms with E-state index in [-0.39, 0.29) is 0 Å². The van der Waals surface area contributed by atoms with Crippen molar-refractivity contribution in [1.82, 2.24) is 4.98 Å². The molecule has 0 saturated heterocycles. The van der Waals surface area contributed by atoms with Crippen LogP contribution in [-0.4, -0.2) is 10.7 Å². The van der Waals surface area contributed by atoms with Gasteiger partial charge in [-0.15, -0.1) is 0 Å². The van der Waals surface area contributed by atoms with Crippen molar-refractivity contribution < 1.29 is 0 Å². The summed E-state index contributed by atoms with van der Waals surface area (Å²) in [5.41, 5.74) is 6.02. The molecule has 0 spiro atoms. The van der Waals surface area contributed by atoms with Crippen molar-refractivity contribution in [3.63, 3.8) is 0 Å². The van der Waals surface area contributed by atoms with E-state index in [4.69, 9.17) is 4.99 Å². The molecule has 21 heavy (non-hydrogen) atoms. The fraction of sp³-hybridized carbons (Fsp3) is 0. The van der Waals surface area contributed by atoms with Crippen LogP contribution in [0.25, 0.3) is 0 Å². The monoisotopic (exact) mass is 271 g/mol. The number of aromatic nitrogens is 1. The molecule has 0 saturated carbocycles. The molecule has 100 valence electrons. The average molecular weight is 271 g/mol. The number of fused-ring (bicyclic) bond motifs is 2. The summed E-state index contributed by atoms with van der Waals surface area (Å²) in [6, 6.07) is 20.3. The summed E-state index contributed by atoms with van der Waals surface area (Å²) in [5, 5.41) is 3.45. The lowest BCUT2D eigenvalue weighted by molar-refractivity contribution is 1.31. The first kappa shape index (κ1) is 11.9. The van der Waals surface area contributed by atoms with Crippen molar-refractivity contribution in [3.05, 3.63) is 84.2 Å². The minimum absolute atomic E-state index is 0.938. The molecule has 0 radical (unpaired) electrons. The van der Waals surface area contributed by atoms with Gasteiger partial charge in [-0.2, -0.15) is 0 Å². The zero-order valence-electron chi connectivity index (χ0n) is 11.3. The second-order valence-corrected chi connectivity index (χ2v) is 4.89. The quantitative estimate of drug-likeness (QED) is 0.560. The van der Waals surface area contributed by atoms with Crippen LogP contribution in [0.5, 0.6) is 0 Å². The first-order valence-corrected chi connectivity index (χ1v) is 6.86. The van der Waals surface area contributed by atoms with Crippen LogP contribution in [0.1, 0.15) is 11.1 Å². The summed E-state index contributed by atoms with van der Waals surface area (Å²) in [6.07, 6.45) is 3.66. The highest BCUT2D eigenvalue weighted by Crippen LogP contribution is 2.34. The van der Waals surface area contributed by atoms with E-state index < -0.39 is 0 Å². The molecule has 1 aliphatic rings. The zero-order valence-corrected chi connectivity index (χ0v) is 11.3. The maximum atomic E-state index is 4.86. The van der Waals surface area contributed by atoms with Gasteiger partial charge in [0, 0.05) is 23.5 Å². The zero-order chi connectivity index (χ0) is 14.1. The molecule has 1 aromatic heterocycles. The molecule has 0 atom stereocenters. The van der Waals surface area contributed by atoms with Crippen LogP contribution in [0.15, 0.2) is 78.0 Å². The Kier molecular flexibility index (Phi) is 2.75. The number of anilines is 2. The Morgan fingerprint density at radius 2 is 1.57 bits per heavy atom. The third-order valence-electron chi connectivity index (χ3n) is 3.53. The molecule has 2 heterocycles. The number of rotatable bonds is 1. The molecule has 4 rings (SSSR count). The standard InChI is InChI=1S/C18H13N3/c1-2-6-13(7-3-1)18-14-12-19-11-10-15(14)20-16-8-4-5-9-17(16)21-18/h1-12,20H. The van der Waals surface area contributed by atoms with Gasteiger partial charge >= 0.3 is 0 Å². The van der Waals surface area contributed by atoms with E-state index in [2.05, 4.69) is 22.4 Å². The van der Waals surface area contributed by atoms with E-state index in [1.54, 1.807) is 6.20 Å². The lowest BCUT2D eigenvalue weighted by Gasteiger charge is -2.09. The summed E-state index contributed by atoms with van der Waals surface area (Å²) in [4.78, 5) is 9.12. The van der Waals surface area contributed by atoms with E-state index in [0.29, 0.717) is 0 Å².